The molecule has 26 heavy (non-hydrogen) atoms. The minimum Gasteiger partial charge on any atom is -0.493 e. The Morgan fingerprint density at radius 1 is 1.04 bits per heavy atom. The minimum absolute atomic E-state index is 0. The number of carboxylic acids is 1. The fourth-order valence-corrected chi connectivity index (χ4v) is 2.32. The van der Waals surface area contributed by atoms with Crippen molar-refractivity contribution >= 4 is 11.9 Å². The molecular weight excluding hydrogens is 325 g/mol. The van der Waals surface area contributed by atoms with Gasteiger partial charge in [-0.2, -0.15) is 0 Å². The summed E-state index contributed by atoms with van der Waals surface area (Å²) < 4.78 is 5.60. The summed E-state index contributed by atoms with van der Waals surface area (Å²) >= 11 is 0. The minimum atomic E-state index is -0.966. The maximum atomic E-state index is 12.4. The first-order valence-electron chi connectivity index (χ1n) is 8.26. The van der Waals surface area contributed by atoms with Gasteiger partial charge < -0.3 is 15.2 Å². The van der Waals surface area contributed by atoms with Crippen LogP contribution >= 0.6 is 0 Å². The Morgan fingerprint density at radius 3 is 2.19 bits per heavy atom. The summed E-state index contributed by atoms with van der Waals surface area (Å²) in [7, 11) is 0. The zero-order valence-corrected chi connectivity index (χ0v) is 15.4. The third-order valence-electron chi connectivity index (χ3n) is 3.59. The number of hydrogen-bond acceptors (Lipinski definition) is 3. The van der Waals surface area contributed by atoms with Gasteiger partial charge in [-0.05, 0) is 35.7 Å². The second-order valence-electron chi connectivity index (χ2n) is 6.26. The van der Waals surface area contributed by atoms with Gasteiger partial charge in [-0.25, -0.2) is 0 Å². The number of amides is 1. The Morgan fingerprint density at radius 2 is 1.65 bits per heavy atom. The number of nitrogens with one attached hydrogen (secondary N) is 1. The summed E-state index contributed by atoms with van der Waals surface area (Å²) in [4.78, 5) is 23.5. The van der Waals surface area contributed by atoms with Crippen molar-refractivity contribution in [2.75, 3.05) is 6.61 Å². The van der Waals surface area contributed by atoms with Crippen LogP contribution in [-0.2, 0) is 4.79 Å². The van der Waals surface area contributed by atoms with Crippen LogP contribution in [0.15, 0.2) is 54.6 Å². The van der Waals surface area contributed by atoms with Gasteiger partial charge in [0, 0.05) is 5.56 Å². The van der Waals surface area contributed by atoms with Crippen molar-refractivity contribution in [3.8, 4) is 5.75 Å². The summed E-state index contributed by atoms with van der Waals surface area (Å²) in [5.74, 6) is -0.155. The predicted octanol–water partition coefficient (Wildman–Crippen LogP) is 0.671. The molecule has 132 valence electrons. The van der Waals surface area contributed by atoms with Crippen molar-refractivity contribution in [3.05, 3.63) is 65.7 Å². The van der Waals surface area contributed by atoms with E-state index in [-0.39, 0.29) is 31.2 Å². The standard InChI is InChI=1S/C20H23NO4.Li/c1-14(2)13-25-17-10-8-16(9-11-17)20(24)21-18(12-19(22)23)15-6-4-3-5-7-15;/h3-11,14,18H,12-13H2,1-2H3,(H,21,24)(H,22,23);/q;+1. The molecule has 2 aromatic rings. The number of ether oxygens (including phenoxy) is 1. The summed E-state index contributed by atoms with van der Waals surface area (Å²) in [5, 5.41) is 11.9. The van der Waals surface area contributed by atoms with Crippen molar-refractivity contribution in [3.63, 3.8) is 0 Å². The van der Waals surface area contributed by atoms with Crippen LogP contribution < -0.4 is 28.9 Å². The Balaban J connectivity index is 0.00000338. The van der Waals surface area contributed by atoms with Crippen molar-refractivity contribution in [2.24, 2.45) is 5.92 Å². The number of benzene rings is 2. The molecule has 0 spiro atoms. The molecular formula is C20H23LiNO4+. The summed E-state index contributed by atoms with van der Waals surface area (Å²) in [6, 6.07) is 15.3. The largest absolute Gasteiger partial charge is 1.00 e. The molecule has 2 rings (SSSR count). The number of carbonyl (C=O) groups is 2. The van der Waals surface area contributed by atoms with Gasteiger partial charge in [0.05, 0.1) is 19.1 Å². The van der Waals surface area contributed by atoms with Gasteiger partial charge in [0.2, 0.25) is 0 Å². The second-order valence-corrected chi connectivity index (χ2v) is 6.26. The first kappa shape index (κ1) is 21.8. The molecule has 0 aliphatic carbocycles. The zero-order valence-electron chi connectivity index (χ0n) is 15.4. The number of rotatable bonds is 8. The Labute approximate surface area is 165 Å². The van der Waals surface area contributed by atoms with E-state index in [9.17, 15) is 9.59 Å². The first-order chi connectivity index (χ1) is 12.0. The summed E-state index contributed by atoms with van der Waals surface area (Å²) in [5.41, 5.74) is 1.22. The van der Waals surface area contributed by atoms with Crippen molar-refractivity contribution in [1.82, 2.24) is 5.32 Å². The summed E-state index contributed by atoms with van der Waals surface area (Å²) in [6.07, 6.45) is -0.175. The number of hydrogen-bond donors (Lipinski definition) is 2. The average Bonchev–Trinajstić information content (AvgIpc) is 2.60. The van der Waals surface area contributed by atoms with E-state index in [2.05, 4.69) is 19.2 Å². The molecule has 0 aliphatic rings. The van der Waals surface area contributed by atoms with Crippen LogP contribution in [0.4, 0.5) is 0 Å². The third-order valence-corrected chi connectivity index (χ3v) is 3.59. The Hall–Kier alpha value is -2.22. The zero-order chi connectivity index (χ0) is 18.2. The van der Waals surface area contributed by atoms with Crippen LogP contribution in [0.1, 0.15) is 42.2 Å². The monoisotopic (exact) mass is 348 g/mol. The van der Waals surface area contributed by atoms with E-state index in [1.807, 2.05) is 18.2 Å². The van der Waals surface area contributed by atoms with Crippen molar-refractivity contribution in [1.29, 1.82) is 0 Å². The second kappa shape index (κ2) is 10.7. The van der Waals surface area contributed by atoms with Crippen molar-refractivity contribution in [2.45, 2.75) is 26.3 Å². The normalized spacial score (nSPS) is 11.3. The Bertz CT molecular complexity index is 702. The topological polar surface area (TPSA) is 75.6 Å². The Kier molecular flexibility index (Phi) is 8.98. The molecule has 6 heteroatoms. The van der Waals surface area contributed by atoms with E-state index in [1.54, 1.807) is 36.4 Å². The summed E-state index contributed by atoms with van der Waals surface area (Å²) in [6.45, 7) is 4.74. The van der Waals surface area contributed by atoms with Crippen LogP contribution in [-0.4, -0.2) is 23.6 Å². The molecule has 0 fully saturated rings. The molecule has 0 heterocycles. The molecule has 1 unspecified atom stereocenters. The van der Waals surface area contributed by atoms with Gasteiger partial charge in [-0.1, -0.05) is 44.2 Å². The van der Waals surface area contributed by atoms with Crippen LogP contribution in [0.5, 0.6) is 5.75 Å². The number of carboxylic acid groups (broad SMARTS) is 1. The van der Waals surface area contributed by atoms with Crippen LogP contribution in [0.3, 0.4) is 0 Å². The quantitative estimate of drug-likeness (QED) is 0.688. The van der Waals surface area contributed by atoms with Gasteiger partial charge in [0.15, 0.2) is 0 Å². The van der Waals surface area contributed by atoms with Gasteiger partial charge in [0.1, 0.15) is 5.75 Å². The van der Waals surface area contributed by atoms with Gasteiger partial charge in [0.25, 0.3) is 5.91 Å². The van der Waals surface area contributed by atoms with E-state index in [1.165, 1.54) is 0 Å². The molecule has 2 aromatic carbocycles. The fraction of sp³-hybridized carbons (Fsp3) is 0.300. The number of aliphatic carboxylic acids is 1. The molecule has 0 aliphatic heterocycles. The van der Waals surface area contributed by atoms with Crippen LogP contribution in [0.25, 0.3) is 0 Å². The van der Waals surface area contributed by atoms with E-state index >= 15 is 0 Å². The SMILES string of the molecule is CC(C)COc1ccc(C(=O)NC(CC(=O)O)c2ccccc2)cc1.[Li+]. The van der Waals surface area contributed by atoms with Crippen LogP contribution in [0, 0.1) is 5.92 Å². The molecule has 0 radical (unpaired) electrons. The molecule has 0 saturated heterocycles. The molecule has 5 nitrogen and oxygen atoms in total. The molecule has 1 atom stereocenters. The predicted molar refractivity (Wildman–Crippen MR) is 95.7 cm³/mol. The van der Waals surface area contributed by atoms with E-state index in [0.29, 0.717) is 23.8 Å². The first-order valence-corrected chi connectivity index (χ1v) is 8.26. The number of carbonyl (C=O) groups excluding carboxylic acids is 1. The van der Waals surface area contributed by atoms with Gasteiger partial charge in [-0.15, -0.1) is 0 Å². The van der Waals surface area contributed by atoms with E-state index in [0.717, 1.165) is 5.56 Å². The smallest absolute Gasteiger partial charge is 0.493 e. The molecule has 0 saturated carbocycles. The van der Waals surface area contributed by atoms with Crippen LogP contribution in [0.2, 0.25) is 0 Å². The maximum Gasteiger partial charge on any atom is 1.00 e. The van der Waals surface area contributed by atoms with Gasteiger partial charge >= 0.3 is 24.8 Å². The van der Waals surface area contributed by atoms with E-state index < -0.39 is 12.0 Å². The maximum absolute atomic E-state index is 12.4. The molecule has 0 aromatic heterocycles. The van der Waals surface area contributed by atoms with Gasteiger partial charge in [-0.3, -0.25) is 9.59 Å². The van der Waals surface area contributed by atoms with E-state index in [4.69, 9.17) is 9.84 Å². The average molecular weight is 348 g/mol. The third kappa shape index (κ3) is 6.95. The van der Waals surface area contributed by atoms with Crippen molar-refractivity contribution < 1.29 is 38.3 Å². The molecule has 1 amide bonds. The molecule has 0 bridgehead atoms. The molecule has 2 N–H and O–H groups in total. The fourth-order valence-electron chi connectivity index (χ4n) is 2.32.